The number of aromatic nitrogens is 3. The Balaban J connectivity index is 1.78. The molecule has 256 valence electrons. The van der Waals surface area contributed by atoms with Crippen LogP contribution in [0, 0.1) is 12.3 Å². The van der Waals surface area contributed by atoms with E-state index >= 15 is 0 Å². The maximum Gasteiger partial charge on any atom is 0.235 e. The molecule has 0 aliphatic heterocycles. The minimum atomic E-state index is -0.195. The topological polar surface area (TPSA) is 30.7 Å². The average Bonchev–Trinajstić information content (AvgIpc) is 3.36. The van der Waals surface area contributed by atoms with Gasteiger partial charge in [0.2, 0.25) is 5.95 Å². The first-order valence-electron chi connectivity index (χ1n) is 17.9. The molecule has 0 saturated heterocycles. The Bertz CT molecular complexity index is 2100. The molecule has 0 spiro atoms. The molecule has 3 aromatic rings. The largest absolute Gasteiger partial charge is 0.282 e. The quantitative estimate of drug-likeness (QED) is 0.143. The molecule has 3 heteroatoms. The van der Waals surface area contributed by atoms with Crippen LogP contribution in [0.3, 0.4) is 0 Å². The molecule has 0 N–H and O–H groups in total. The molecule has 0 fully saturated rings. The van der Waals surface area contributed by atoms with Crippen molar-refractivity contribution in [2.24, 2.45) is 5.41 Å². The lowest BCUT2D eigenvalue weighted by atomic mass is 9.75. The lowest BCUT2D eigenvalue weighted by Crippen LogP contribution is -2.16. The first kappa shape index (κ1) is 36.3. The van der Waals surface area contributed by atoms with Crippen LogP contribution in [-0.4, -0.2) is 14.5 Å². The summed E-state index contributed by atoms with van der Waals surface area (Å²) in [5, 5.41) is 1.14. The second-order valence-corrected chi connectivity index (χ2v) is 13.9. The molecule has 0 bridgehead atoms. The third kappa shape index (κ3) is 7.28. The summed E-state index contributed by atoms with van der Waals surface area (Å²) >= 11 is 0. The van der Waals surface area contributed by atoms with Crippen LogP contribution < -0.4 is 0 Å². The van der Waals surface area contributed by atoms with Gasteiger partial charge in [0.25, 0.3) is 0 Å². The molecule has 0 radical (unpaired) electrons. The van der Waals surface area contributed by atoms with Gasteiger partial charge < -0.3 is 0 Å². The van der Waals surface area contributed by atoms with Crippen molar-refractivity contribution in [3.8, 4) is 5.95 Å². The number of allylic oxidation sites excluding steroid dienone is 17. The van der Waals surface area contributed by atoms with Crippen LogP contribution in [0.25, 0.3) is 40.7 Å². The number of rotatable bonds is 12. The summed E-state index contributed by atoms with van der Waals surface area (Å²) in [6.45, 7) is 25.8. The Morgan fingerprint density at radius 1 is 1.02 bits per heavy atom. The second-order valence-electron chi connectivity index (χ2n) is 13.9. The maximum absolute atomic E-state index is 5.35. The van der Waals surface area contributed by atoms with Gasteiger partial charge >= 0.3 is 0 Å². The average molecular weight is 660 g/mol. The predicted octanol–water partition coefficient (Wildman–Crippen LogP) is 13.0. The summed E-state index contributed by atoms with van der Waals surface area (Å²) in [5.41, 5.74) is 15.0. The lowest BCUT2D eigenvalue weighted by Gasteiger charge is -2.29. The third-order valence-electron chi connectivity index (χ3n) is 10.1. The van der Waals surface area contributed by atoms with E-state index in [1.165, 1.54) is 44.6 Å². The van der Waals surface area contributed by atoms with E-state index in [4.69, 9.17) is 9.97 Å². The van der Waals surface area contributed by atoms with E-state index in [-0.39, 0.29) is 5.41 Å². The summed E-state index contributed by atoms with van der Waals surface area (Å²) in [5.74, 6) is 0.705. The molecule has 2 aliphatic carbocycles. The van der Waals surface area contributed by atoms with Crippen molar-refractivity contribution in [2.45, 2.75) is 81.1 Å². The summed E-state index contributed by atoms with van der Waals surface area (Å²) < 4.78 is 2.27. The molecule has 3 nitrogen and oxygen atoms in total. The van der Waals surface area contributed by atoms with Crippen molar-refractivity contribution in [2.75, 3.05) is 0 Å². The number of nitrogens with zero attached hydrogens (tertiary/aromatic N) is 3. The van der Waals surface area contributed by atoms with Gasteiger partial charge in [-0.3, -0.25) is 4.57 Å². The van der Waals surface area contributed by atoms with E-state index < -0.39 is 0 Å². The lowest BCUT2D eigenvalue weighted by molar-refractivity contribution is 0.549. The first-order valence-corrected chi connectivity index (χ1v) is 17.9. The molecule has 1 aromatic carbocycles. The van der Waals surface area contributed by atoms with Crippen LogP contribution >= 0.6 is 0 Å². The van der Waals surface area contributed by atoms with Crippen molar-refractivity contribution in [1.82, 2.24) is 14.5 Å². The molecule has 2 aliphatic rings. The Morgan fingerprint density at radius 2 is 1.82 bits per heavy atom. The van der Waals surface area contributed by atoms with E-state index in [1.807, 2.05) is 19.1 Å². The van der Waals surface area contributed by atoms with Crippen molar-refractivity contribution < 1.29 is 0 Å². The van der Waals surface area contributed by atoms with Gasteiger partial charge in [0.15, 0.2) is 0 Å². The van der Waals surface area contributed by atoms with Gasteiger partial charge in [0.1, 0.15) is 0 Å². The van der Waals surface area contributed by atoms with Crippen LogP contribution in [0.4, 0.5) is 0 Å². The third-order valence-corrected chi connectivity index (χ3v) is 10.1. The summed E-state index contributed by atoms with van der Waals surface area (Å²) in [6.07, 6.45) is 34.4. The van der Waals surface area contributed by atoms with Crippen LogP contribution in [0.5, 0.6) is 0 Å². The fourth-order valence-electron chi connectivity index (χ4n) is 6.90. The van der Waals surface area contributed by atoms with Gasteiger partial charge in [-0.15, -0.1) is 6.58 Å². The fourth-order valence-corrected chi connectivity index (χ4v) is 6.90. The van der Waals surface area contributed by atoms with Gasteiger partial charge in [-0.2, -0.15) is 0 Å². The van der Waals surface area contributed by atoms with E-state index in [0.29, 0.717) is 5.95 Å². The molecule has 2 heterocycles. The smallest absolute Gasteiger partial charge is 0.235 e. The molecule has 5 rings (SSSR count). The zero-order valence-corrected chi connectivity index (χ0v) is 31.4. The molecule has 0 amide bonds. The molecular weight excluding hydrogens is 607 g/mol. The van der Waals surface area contributed by atoms with Gasteiger partial charge in [-0.1, -0.05) is 111 Å². The predicted molar refractivity (Wildman–Crippen MR) is 219 cm³/mol. The Kier molecular flexibility index (Phi) is 11.4. The second kappa shape index (κ2) is 15.7. The highest BCUT2D eigenvalue weighted by Crippen LogP contribution is 2.41. The molecule has 0 saturated carbocycles. The SMILES string of the molecule is C=CC\C=C/C(=C(C)/C(C)=C/c1c(C2=CCCC=C2)c(/C=C\C)n(-c2nc3c4c(cccc4n2)C=C(/C=C\C=C/C)C3)c1C)C(C)(C)C(=C)C. The van der Waals surface area contributed by atoms with Crippen molar-refractivity contribution in [3.05, 3.63) is 160 Å². The van der Waals surface area contributed by atoms with E-state index in [2.05, 4.69) is 157 Å². The van der Waals surface area contributed by atoms with Crippen LogP contribution in [0.1, 0.15) is 102 Å². The van der Waals surface area contributed by atoms with Crippen molar-refractivity contribution in [1.29, 1.82) is 0 Å². The summed E-state index contributed by atoms with van der Waals surface area (Å²) in [6, 6.07) is 6.39. The van der Waals surface area contributed by atoms with Gasteiger partial charge in [0.05, 0.1) is 16.9 Å². The highest BCUT2D eigenvalue weighted by molar-refractivity contribution is 5.94. The molecule has 2 aromatic heterocycles. The normalized spacial score (nSPS) is 15.9. The number of hydrogen-bond acceptors (Lipinski definition) is 2. The molecule has 0 unspecified atom stereocenters. The minimum Gasteiger partial charge on any atom is -0.282 e. The highest BCUT2D eigenvalue weighted by atomic mass is 15.2. The fraction of sp³-hybridized carbons (Fsp3) is 0.277. The van der Waals surface area contributed by atoms with Crippen LogP contribution in [0.15, 0.2) is 126 Å². The number of benzene rings is 1. The summed E-state index contributed by atoms with van der Waals surface area (Å²) in [4.78, 5) is 10.6. The van der Waals surface area contributed by atoms with Crippen molar-refractivity contribution in [3.63, 3.8) is 0 Å². The highest BCUT2D eigenvalue weighted by Gasteiger charge is 2.27. The first-order chi connectivity index (χ1) is 24.0. The monoisotopic (exact) mass is 659 g/mol. The number of hydrogen-bond donors (Lipinski definition) is 0. The van der Waals surface area contributed by atoms with E-state index in [1.54, 1.807) is 0 Å². The maximum atomic E-state index is 5.35. The van der Waals surface area contributed by atoms with E-state index in [9.17, 15) is 0 Å². The molecular formula is C47H53N3. The van der Waals surface area contributed by atoms with Gasteiger partial charge in [-0.25, -0.2) is 9.97 Å². The zero-order chi connectivity index (χ0) is 36.0. The Morgan fingerprint density at radius 3 is 2.50 bits per heavy atom. The van der Waals surface area contributed by atoms with Crippen LogP contribution in [0.2, 0.25) is 0 Å². The Hall–Kier alpha value is -5.02. The Labute approximate surface area is 300 Å². The zero-order valence-electron chi connectivity index (χ0n) is 31.4. The van der Waals surface area contributed by atoms with E-state index in [0.717, 1.165) is 59.2 Å². The van der Waals surface area contributed by atoms with Crippen LogP contribution in [-0.2, 0) is 6.42 Å². The van der Waals surface area contributed by atoms with Gasteiger partial charge in [0, 0.05) is 34.0 Å². The van der Waals surface area contributed by atoms with Gasteiger partial charge in [-0.05, 0) is 112 Å². The van der Waals surface area contributed by atoms with Crippen molar-refractivity contribution >= 4 is 34.7 Å². The molecule has 0 atom stereocenters. The minimum absolute atomic E-state index is 0.195. The molecule has 50 heavy (non-hydrogen) atoms. The standard InChI is InChI=1S/C47H53N3/c1-11-14-17-23-36-30-38-26-21-28-41-45(38)42(31-36)49-46(48-41)50-35(8)39(44(43(50)22-13-3)37-24-19-16-20-25-37)29-33(6)34(7)40(27-18-15-12-2)47(9,10)32(4)5/h11-14,17-19,21-30H,2,4,15-16,20,31H2,1,3,5-10H3/b14-11-,22-13-,23-17-,27-18-,33-29+,40-34-. The summed E-state index contributed by atoms with van der Waals surface area (Å²) in [7, 11) is 0.